The fourth-order valence-electron chi connectivity index (χ4n) is 4.58. The number of hydrogen-bond acceptors (Lipinski definition) is 7. The number of rotatable bonds is 6. The minimum atomic E-state index is -0.250. The Kier molecular flexibility index (Phi) is 6.11. The molecule has 3 aliphatic rings. The van der Waals surface area contributed by atoms with Crippen LogP contribution < -0.4 is 21.3 Å². The highest BCUT2D eigenvalue weighted by atomic mass is 16.1. The lowest BCUT2D eigenvalue weighted by Crippen LogP contribution is -2.57. The summed E-state index contributed by atoms with van der Waals surface area (Å²) in [4.78, 5) is 24.1. The third-order valence-electron chi connectivity index (χ3n) is 6.74. The summed E-state index contributed by atoms with van der Waals surface area (Å²) >= 11 is 0. The van der Waals surface area contributed by atoms with Crippen LogP contribution in [0, 0.1) is 12.8 Å². The lowest BCUT2D eigenvalue weighted by molar-refractivity contribution is -0.123. The predicted molar refractivity (Wildman–Crippen MR) is 130 cm³/mol. The number of benzene rings is 1. The van der Waals surface area contributed by atoms with Gasteiger partial charge in [-0.2, -0.15) is 4.98 Å². The molecule has 5 rings (SSSR count). The molecule has 1 fully saturated rings. The Labute approximate surface area is 194 Å². The fourth-order valence-corrected chi connectivity index (χ4v) is 4.58. The Bertz CT molecular complexity index is 1110. The maximum atomic E-state index is 12.3. The van der Waals surface area contributed by atoms with Gasteiger partial charge in [-0.15, -0.1) is 0 Å². The smallest absolute Gasteiger partial charge is 0.229 e. The van der Waals surface area contributed by atoms with Crippen LogP contribution in [-0.2, 0) is 17.8 Å². The molecule has 0 radical (unpaired) electrons. The van der Waals surface area contributed by atoms with E-state index in [1.54, 1.807) is 13.2 Å². The second-order valence-corrected chi connectivity index (χ2v) is 8.94. The van der Waals surface area contributed by atoms with Gasteiger partial charge in [-0.3, -0.25) is 9.69 Å². The lowest BCUT2D eigenvalue weighted by atomic mass is 9.95. The van der Waals surface area contributed by atoms with E-state index in [9.17, 15) is 4.79 Å². The van der Waals surface area contributed by atoms with Gasteiger partial charge >= 0.3 is 0 Å². The van der Waals surface area contributed by atoms with Crippen LogP contribution in [0.5, 0.6) is 0 Å². The van der Waals surface area contributed by atoms with E-state index in [1.807, 2.05) is 25.2 Å². The Morgan fingerprint density at radius 3 is 2.88 bits per heavy atom. The van der Waals surface area contributed by atoms with Gasteiger partial charge in [0.05, 0.1) is 5.92 Å². The highest BCUT2D eigenvalue weighted by molar-refractivity contribution is 5.82. The molecule has 3 heterocycles. The molecule has 0 saturated carbocycles. The van der Waals surface area contributed by atoms with Crippen LogP contribution in [0.15, 0.2) is 48.3 Å². The van der Waals surface area contributed by atoms with Gasteiger partial charge in [0.2, 0.25) is 11.9 Å². The van der Waals surface area contributed by atoms with E-state index < -0.39 is 0 Å². The Morgan fingerprint density at radius 1 is 1.21 bits per heavy atom. The van der Waals surface area contributed by atoms with Crippen LogP contribution in [-0.4, -0.2) is 53.5 Å². The van der Waals surface area contributed by atoms with Gasteiger partial charge in [0.15, 0.2) is 0 Å². The number of carbonyl (C=O) groups excluding carboxylic acids is 1. The highest BCUT2D eigenvalue weighted by Crippen LogP contribution is 2.27. The molecule has 0 bridgehead atoms. The summed E-state index contributed by atoms with van der Waals surface area (Å²) in [5.74, 6) is 0.969. The average molecular weight is 446 g/mol. The number of nitrogens with one attached hydrogen (secondary N) is 4. The largest absolute Gasteiger partial charge is 0.359 e. The summed E-state index contributed by atoms with van der Waals surface area (Å²) in [7, 11) is 1.66. The topological polar surface area (TPSA) is 94.2 Å². The van der Waals surface area contributed by atoms with Crippen molar-refractivity contribution in [3.8, 4) is 0 Å². The monoisotopic (exact) mass is 445 g/mol. The van der Waals surface area contributed by atoms with Crippen molar-refractivity contribution in [2.24, 2.45) is 5.92 Å². The molecule has 1 saturated heterocycles. The maximum Gasteiger partial charge on any atom is 0.229 e. The van der Waals surface area contributed by atoms with Crippen molar-refractivity contribution >= 4 is 23.4 Å². The summed E-state index contributed by atoms with van der Waals surface area (Å²) in [6, 6.07) is 7.20. The molecule has 1 aromatic carbocycles. The summed E-state index contributed by atoms with van der Waals surface area (Å²) < 4.78 is 0. The molecule has 1 aliphatic carbocycles. The maximum absolute atomic E-state index is 12.3. The van der Waals surface area contributed by atoms with Gasteiger partial charge in [0, 0.05) is 62.4 Å². The third-order valence-corrected chi connectivity index (χ3v) is 6.74. The van der Waals surface area contributed by atoms with Crippen LogP contribution in [0.4, 0.5) is 17.5 Å². The van der Waals surface area contributed by atoms with Crippen molar-refractivity contribution in [2.45, 2.75) is 32.4 Å². The molecule has 1 atom stereocenters. The zero-order valence-corrected chi connectivity index (χ0v) is 19.2. The second kappa shape index (κ2) is 9.33. The molecule has 2 aliphatic heterocycles. The highest BCUT2D eigenvalue weighted by Gasteiger charge is 2.27. The van der Waals surface area contributed by atoms with E-state index in [0.29, 0.717) is 24.2 Å². The van der Waals surface area contributed by atoms with Crippen molar-refractivity contribution in [2.75, 3.05) is 37.3 Å². The average Bonchev–Trinajstić information content (AvgIpc) is 2.80. The van der Waals surface area contributed by atoms with Crippen LogP contribution in [0.2, 0.25) is 0 Å². The fraction of sp³-hybridized carbons (Fsp3) is 0.400. The van der Waals surface area contributed by atoms with Crippen molar-refractivity contribution in [3.05, 3.63) is 65.0 Å². The summed E-state index contributed by atoms with van der Waals surface area (Å²) in [6.07, 6.45) is 9.46. The zero-order valence-electron chi connectivity index (χ0n) is 19.2. The number of hydrogen-bond donors (Lipinski definition) is 4. The Balaban J connectivity index is 1.32. The summed E-state index contributed by atoms with van der Waals surface area (Å²) in [6.45, 7) is 6.26. The van der Waals surface area contributed by atoms with E-state index in [1.165, 1.54) is 11.1 Å². The minimum Gasteiger partial charge on any atom is -0.359 e. The number of fused-ring (bicyclic) bond motifs is 1. The van der Waals surface area contributed by atoms with Gasteiger partial charge in [0.25, 0.3) is 0 Å². The molecule has 1 unspecified atom stereocenters. The van der Waals surface area contributed by atoms with Crippen LogP contribution in [0.3, 0.4) is 0 Å². The number of aryl methyl sites for hydroxylation is 1. The first-order valence-corrected chi connectivity index (χ1v) is 11.6. The summed E-state index contributed by atoms with van der Waals surface area (Å²) in [5.41, 5.74) is 5.54. The Morgan fingerprint density at radius 2 is 2.09 bits per heavy atom. The molecular formula is C25H31N7O. The van der Waals surface area contributed by atoms with Crippen molar-refractivity contribution in [1.29, 1.82) is 0 Å². The van der Waals surface area contributed by atoms with Crippen molar-refractivity contribution in [1.82, 2.24) is 25.5 Å². The van der Waals surface area contributed by atoms with Gasteiger partial charge in [-0.05, 0) is 49.1 Å². The first-order chi connectivity index (χ1) is 16.1. The summed E-state index contributed by atoms with van der Waals surface area (Å²) in [5, 5.41) is 12.9. The Hall–Kier alpha value is -3.23. The SMILES string of the molecule is CNC(=O)C1CC=CC=C1Nc1nc(Nc2ccc3c(c2)CN(C2CNC2)CC3)ncc1C. The van der Waals surface area contributed by atoms with E-state index in [2.05, 4.69) is 49.4 Å². The zero-order chi connectivity index (χ0) is 22.8. The second-order valence-electron chi connectivity index (χ2n) is 8.94. The standard InChI is InChI=1S/C25H31N7O/c1-16-12-28-25(31-23(16)30-22-6-4-3-5-21(22)24(33)26-2)29-19-8-7-17-9-10-32(15-18(17)11-19)20-13-27-14-20/h3-4,6-8,11-12,20-21,27H,5,9-10,13-15H2,1-2H3,(H,26,33)(H2,28,29,30,31). The number of amides is 1. The van der Waals surface area contributed by atoms with Crippen LogP contribution in [0.25, 0.3) is 0 Å². The quantitative estimate of drug-likeness (QED) is 0.543. The van der Waals surface area contributed by atoms with E-state index in [4.69, 9.17) is 4.98 Å². The molecule has 4 N–H and O–H groups in total. The van der Waals surface area contributed by atoms with E-state index in [-0.39, 0.29) is 11.8 Å². The van der Waals surface area contributed by atoms with Gasteiger partial charge in [-0.1, -0.05) is 18.2 Å². The van der Waals surface area contributed by atoms with Gasteiger partial charge in [0.1, 0.15) is 5.82 Å². The number of carbonyl (C=O) groups is 1. The number of aromatic nitrogens is 2. The molecule has 0 spiro atoms. The molecule has 8 nitrogen and oxygen atoms in total. The van der Waals surface area contributed by atoms with Crippen molar-refractivity contribution in [3.63, 3.8) is 0 Å². The van der Waals surface area contributed by atoms with E-state index in [0.717, 1.165) is 49.5 Å². The number of anilines is 3. The first-order valence-electron chi connectivity index (χ1n) is 11.6. The number of allylic oxidation sites excluding steroid dienone is 3. The molecule has 1 amide bonds. The molecule has 1 aromatic heterocycles. The van der Waals surface area contributed by atoms with Crippen molar-refractivity contribution < 1.29 is 4.79 Å². The molecular weight excluding hydrogens is 414 g/mol. The first kappa shape index (κ1) is 21.6. The number of nitrogens with zero attached hydrogens (tertiary/aromatic N) is 3. The molecule has 172 valence electrons. The predicted octanol–water partition coefficient (Wildman–Crippen LogP) is 2.48. The van der Waals surface area contributed by atoms with E-state index >= 15 is 0 Å². The minimum absolute atomic E-state index is 0.0102. The van der Waals surface area contributed by atoms with Crippen LogP contribution >= 0.6 is 0 Å². The molecule has 33 heavy (non-hydrogen) atoms. The normalized spacial score (nSPS) is 20.4. The molecule has 8 heteroatoms. The van der Waals surface area contributed by atoms with Crippen LogP contribution in [0.1, 0.15) is 23.1 Å². The molecule has 2 aromatic rings. The third kappa shape index (κ3) is 4.62. The lowest BCUT2D eigenvalue weighted by Gasteiger charge is -2.41. The van der Waals surface area contributed by atoms with Gasteiger partial charge < -0.3 is 21.3 Å². The van der Waals surface area contributed by atoms with Gasteiger partial charge in [-0.25, -0.2) is 4.98 Å².